The molecule has 0 spiro atoms. The Morgan fingerprint density at radius 3 is 2.75 bits per heavy atom. The van der Waals surface area contributed by atoms with Crippen LogP contribution in [0.1, 0.15) is 38.1 Å². The molecule has 4 nitrogen and oxygen atoms in total. The van der Waals surface area contributed by atoms with E-state index in [9.17, 15) is 0 Å². The molecular formula is C15H20BrN3O. The molecule has 1 aromatic heterocycles. The van der Waals surface area contributed by atoms with Crippen molar-refractivity contribution in [3.05, 3.63) is 34.1 Å². The molecule has 0 aliphatic rings. The van der Waals surface area contributed by atoms with Gasteiger partial charge in [0.05, 0.1) is 5.92 Å². The highest BCUT2D eigenvalue weighted by Crippen LogP contribution is 2.25. The number of rotatable bonds is 5. The molecule has 1 N–H and O–H groups in total. The number of halogens is 1. The molecule has 5 heteroatoms. The molecule has 0 bridgehead atoms. The third kappa shape index (κ3) is 3.27. The maximum Gasteiger partial charge on any atom is 0.231 e. The van der Waals surface area contributed by atoms with E-state index in [-0.39, 0.29) is 5.92 Å². The molecule has 2 aromatic rings. The number of nitrogens with one attached hydrogen (secondary N) is 1. The molecule has 0 radical (unpaired) electrons. The van der Waals surface area contributed by atoms with Crippen LogP contribution in [0.15, 0.2) is 27.2 Å². The topological polar surface area (TPSA) is 51.0 Å². The molecule has 2 unspecified atom stereocenters. The SMILES string of the molecule is CCNC(C)C(C)c1nc(-c2ccc(C)c(Br)c2)no1. The lowest BCUT2D eigenvalue weighted by Crippen LogP contribution is -2.30. The summed E-state index contributed by atoms with van der Waals surface area (Å²) in [6.07, 6.45) is 0. The summed E-state index contributed by atoms with van der Waals surface area (Å²) in [5.74, 6) is 1.49. The van der Waals surface area contributed by atoms with Gasteiger partial charge in [-0.05, 0) is 32.0 Å². The second-order valence-corrected chi connectivity index (χ2v) is 5.91. The van der Waals surface area contributed by atoms with Crippen LogP contribution in [0.25, 0.3) is 11.4 Å². The van der Waals surface area contributed by atoms with E-state index in [1.807, 2.05) is 18.2 Å². The summed E-state index contributed by atoms with van der Waals surface area (Å²) < 4.78 is 6.45. The minimum atomic E-state index is 0.185. The molecule has 0 aliphatic heterocycles. The zero-order chi connectivity index (χ0) is 14.7. The maximum absolute atomic E-state index is 5.40. The minimum absolute atomic E-state index is 0.185. The van der Waals surface area contributed by atoms with Crippen molar-refractivity contribution in [2.24, 2.45) is 0 Å². The number of hydrogen-bond donors (Lipinski definition) is 1. The Balaban J connectivity index is 2.22. The highest BCUT2D eigenvalue weighted by molar-refractivity contribution is 9.10. The minimum Gasteiger partial charge on any atom is -0.339 e. The van der Waals surface area contributed by atoms with Crippen LogP contribution >= 0.6 is 15.9 Å². The number of likely N-dealkylation sites (N-methyl/N-ethyl adjacent to an activating group) is 1. The van der Waals surface area contributed by atoms with Crippen molar-refractivity contribution in [2.45, 2.75) is 39.7 Å². The van der Waals surface area contributed by atoms with E-state index in [1.165, 1.54) is 5.56 Å². The lowest BCUT2D eigenvalue weighted by Gasteiger charge is -2.16. The van der Waals surface area contributed by atoms with Gasteiger partial charge in [0.15, 0.2) is 0 Å². The molecular weight excluding hydrogens is 318 g/mol. The predicted molar refractivity (Wildman–Crippen MR) is 83.7 cm³/mol. The van der Waals surface area contributed by atoms with Gasteiger partial charge >= 0.3 is 0 Å². The first-order valence-electron chi connectivity index (χ1n) is 6.86. The van der Waals surface area contributed by atoms with Crippen LogP contribution in [0.2, 0.25) is 0 Å². The number of nitrogens with zero attached hydrogens (tertiary/aromatic N) is 2. The molecule has 1 aromatic carbocycles. The summed E-state index contributed by atoms with van der Waals surface area (Å²) in [6, 6.07) is 6.37. The van der Waals surface area contributed by atoms with Gasteiger partial charge in [-0.1, -0.05) is 47.1 Å². The second kappa shape index (κ2) is 6.50. The lowest BCUT2D eigenvalue weighted by atomic mass is 10.0. The molecule has 2 atom stereocenters. The monoisotopic (exact) mass is 337 g/mol. The predicted octanol–water partition coefficient (Wildman–Crippen LogP) is 3.91. The molecule has 0 fully saturated rings. The fourth-order valence-corrected chi connectivity index (χ4v) is 2.36. The van der Waals surface area contributed by atoms with E-state index in [4.69, 9.17) is 4.52 Å². The molecule has 0 saturated carbocycles. The smallest absolute Gasteiger partial charge is 0.231 e. The standard InChI is InChI=1S/C15H20BrN3O/c1-5-17-11(4)10(3)15-18-14(19-20-15)12-7-6-9(2)13(16)8-12/h6-8,10-11,17H,5H2,1-4H3. The van der Waals surface area contributed by atoms with Gasteiger partial charge in [0.2, 0.25) is 11.7 Å². The van der Waals surface area contributed by atoms with Gasteiger partial charge in [-0.2, -0.15) is 4.98 Å². The number of aryl methyl sites for hydroxylation is 1. The highest BCUT2D eigenvalue weighted by atomic mass is 79.9. The molecule has 0 saturated heterocycles. The third-order valence-electron chi connectivity index (χ3n) is 3.54. The van der Waals surface area contributed by atoms with Crippen LogP contribution in [0.5, 0.6) is 0 Å². The van der Waals surface area contributed by atoms with Gasteiger partial charge in [0.1, 0.15) is 0 Å². The van der Waals surface area contributed by atoms with Crippen LogP contribution < -0.4 is 5.32 Å². The molecule has 20 heavy (non-hydrogen) atoms. The third-order valence-corrected chi connectivity index (χ3v) is 4.39. The van der Waals surface area contributed by atoms with Crippen molar-refractivity contribution >= 4 is 15.9 Å². The summed E-state index contributed by atoms with van der Waals surface area (Å²) in [7, 11) is 0. The van der Waals surface area contributed by atoms with E-state index in [0.717, 1.165) is 16.6 Å². The quantitative estimate of drug-likeness (QED) is 0.898. The molecule has 0 amide bonds. The highest BCUT2D eigenvalue weighted by Gasteiger charge is 2.20. The lowest BCUT2D eigenvalue weighted by molar-refractivity contribution is 0.332. The Hall–Kier alpha value is -1.20. The second-order valence-electron chi connectivity index (χ2n) is 5.06. The first kappa shape index (κ1) is 15.2. The van der Waals surface area contributed by atoms with Gasteiger partial charge in [-0.15, -0.1) is 0 Å². The fourth-order valence-electron chi connectivity index (χ4n) is 1.98. The van der Waals surface area contributed by atoms with Crippen molar-refractivity contribution in [1.29, 1.82) is 0 Å². The normalized spacial score (nSPS) is 14.2. The maximum atomic E-state index is 5.40. The molecule has 2 rings (SSSR count). The van der Waals surface area contributed by atoms with E-state index < -0.39 is 0 Å². The van der Waals surface area contributed by atoms with Crippen LogP contribution in [0.3, 0.4) is 0 Å². The molecule has 108 valence electrons. The van der Waals surface area contributed by atoms with Gasteiger partial charge < -0.3 is 9.84 Å². The first-order chi connectivity index (χ1) is 9.52. The van der Waals surface area contributed by atoms with Gasteiger partial charge in [-0.25, -0.2) is 0 Å². The van der Waals surface area contributed by atoms with Crippen LogP contribution in [0.4, 0.5) is 0 Å². The van der Waals surface area contributed by atoms with Gasteiger partial charge in [0.25, 0.3) is 0 Å². The summed E-state index contributed by atoms with van der Waals surface area (Å²) >= 11 is 3.53. The van der Waals surface area contributed by atoms with Crippen molar-refractivity contribution in [1.82, 2.24) is 15.5 Å². The Bertz CT molecular complexity index is 582. The van der Waals surface area contributed by atoms with Crippen molar-refractivity contribution in [3.63, 3.8) is 0 Å². The van der Waals surface area contributed by atoms with E-state index in [1.54, 1.807) is 0 Å². The summed E-state index contributed by atoms with van der Waals surface area (Å²) in [5.41, 5.74) is 2.15. The summed E-state index contributed by atoms with van der Waals surface area (Å²) in [4.78, 5) is 4.52. The molecule has 0 aliphatic carbocycles. The molecule has 1 heterocycles. The first-order valence-corrected chi connectivity index (χ1v) is 7.65. The Morgan fingerprint density at radius 2 is 2.10 bits per heavy atom. The summed E-state index contributed by atoms with van der Waals surface area (Å²) in [6.45, 7) is 9.29. The van der Waals surface area contributed by atoms with E-state index in [0.29, 0.717) is 17.8 Å². The Labute approximate surface area is 128 Å². The van der Waals surface area contributed by atoms with E-state index >= 15 is 0 Å². The fraction of sp³-hybridized carbons (Fsp3) is 0.467. The average Bonchev–Trinajstić information content (AvgIpc) is 2.91. The average molecular weight is 338 g/mol. The Morgan fingerprint density at radius 1 is 1.35 bits per heavy atom. The van der Waals surface area contributed by atoms with Crippen molar-refractivity contribution in [2.75, 3.05) is 6.54 Å². The number of benzene rings is 1. The van der Waals surface area contributed by atoms with Crippen molar-refractivity contribution < 1.29 is 4.52 Å². The van der Waals surface area contributed by atoms with Crippen molar-refractivity contribution in [3.8, 4) is 11.4 Å². The van der Waals surface area contributed by atoms with E-state index in [2.05, 4.69) is 59.1 Å². The number of hydrogen-bond acceptors (Lipinski definition) is 4. The van der Waals surface area contributed by atoms with Gasteiger partial charge in [0, 0.05) is 16.1 Å². The largest absolute Gasteiger partial charge is 0.339 e. The number of aromatic nitrogens is 2. The Kier molecular flexibility index (Phi) is 4.94. The van der Waals surface area contributed by atoms with Crippen LogP contribution in [-0.4, -0.2) is 22.7 Å². The summed E-state index contributed by atoms with van der Waals surface area (Å²) in [5, 5.41) is 7.46. The van der Waals surface area contributed by atoms with Crippen LogP contribution in [0, 0.1) is 6.92 Å². The zero-order valence-corrected chi connectivity index (χ0v) is 13.9. The van der Waals surface area contributed by atoms with Crippen LogP contribution in [-0.2, 0) is 0 Å². The zero-order valence-electron chi connectivity index (χ0n) is 12.3. The van der Waals surface area contributed by atoms with Gasteiger partial charge in [-0.3, -0.25) is 0 Å².